The lowest BCUT2D eigenvalue weighted by molar-refractivity contribution is -0.122. The van der Waals surface area contributed by atoms with Crippen molar-refractivity contribution in [3.63, 3.8) is 0 Å². The molecule has 3 rings (SSSR count). The SMILES string of the molecule is CNCc1cc(-c2ccc(F)cc2C)n(S(=O)(=O)c2cncc(OCC(=O)NC)c2)c1. The predicted molar refractivity (Wildman–Crippen MR) is 114 cm³/mol. The number of pyridine rings is 1. The molecule has 1 aromatic carbocycles. The number of halogens is 1. The van der Waals surface area contributed by atoms with Gasteiger partial charge in [0, 0.05) is 37.6 Å². The van der Waals surface area contributed by atoms with Gasteiger partial charge in [-0.25, -0.2) is 16.8 Å². The Kier molecular flexibility index (Phi) is 6.71. The summed E-state index contributed by atoms with van der Waals surface area (Å²) in [5.41, 5.74) is 2.34. The monoisotopic (exact) mass is 446 g/mol. The zero-order chi connectivity index (χ0) is 22.6. The smallest absolute Gasteiger partial charge is 0.269 e. The summed E-state index contributed by atoms with van der Waals surface area (Å²) in [6, 6.07) is 7.25. The van der Waals surface area contributed by atoms with Crippen LogP contribution in [0.3, 0.4) is 0 Å². The van der Waals surface area contributed by atoms with Crippen LogP contribution in [0, 0.1) is 12.7 Å². The molecule has 164 valence electrons. The largest absolute Gasteiger partial charge is 0.482 e. The normalized spacial score (nSPS) is 11.4. The quantitative estimate of drug-likeness (QED) is 0.549. The van der Waals surface area contributed by atoms with Crippen molar-refractivity contribution in [3.8, 4) is 17.0 Å². The number of amides is 1. The van der Waals surface area contributed by atoms with Crippen LogP contribution in [0.1, 0.15) is 11.1 Å². The second-order valence-electron chi connectivity index (χ2n) is 6.84. The Balaban J connectivity index is 2.07. The molecular formula is C21H23FN4O4S. The molecular weight excluding hydrogens is 423 g/mol. The summed E-state index contributed by atoms with van der Waals surface area (Å²) in [4.78, 5) is 15.2. The van der Waals surface area contributed by atoms with Gasteiger partial charge in [-0.15, -0.1) is 0 Å². The number of hydrogen-bond acceptors (Lipinski definition) is 6. The van der Waals surface area contributed by atoms with Gasteiger partial charge in [-0.3, -0.25) is 9.78 Å². The van der Waals surface area contributed by atoms with Crippen LogP contribution in [-0.4, -0.2) is 44.0 Å². The Morgan fingerprint density at radius 3 is 2.65 bits per heavy atom. The van der Waals surface area contributed by atoms with E-state index in [4.69, 9.17) is 4.74 Å². The second-order valence-corrected chi connectivity index (χ2v) is 8.66. The van der Waals surface area contributed by atoms with Crippen molar-refractivity contribution in [2.75, 3.05) is 20.7 Å². The summed E-state index contributed by atoms with van der Waals surface area (Å²) in [5.74, 6) is -0.612. The molecule has 0 spiro atoms. The Morgan fingerprint density at radius 1 is 1.19 bits per heavy atom. The first-order chi connectivity index (χ1) is 14.8. The number of ether oxygens (including phenoxy) is 1. The molecule has 2 heterocycles. The molecule has 0 aliphatic carbocycles. The van der Waals surface area contributed by atoms with E-state index in [9.17, 15) is 17.6 Å². The third-order valence-electron chi connectivity index (χ3n) is 4.58. The molecule has 1 amide bonds. The van der Waals surface area contributed by atoms with E-state index in [1.807, 2.05) is 0 Å². The van der Waals surface area contributed by atoms with Crippen molar-refractivity contribution in [3.05, 3.63) is 65.9 Å². The van der Waals surface area contributed by atoms with E-state index in [0.717, 1.165) is 9.54 Å². The molecule has 0 atom stereocenters. The van der Waals surface area contributed by atoms with E-state index in [0.29, 0.717) is 23.4 Å². The van der Waals surface area contributed by atoms with Gasteiger partial charge >= 0.3 is 0 Å². The van der Waals surface area contributed by atoms with Gasteiger partial charge in [0.05, 0.1) is 11.9 Å². The minimum absolute atomic E-state index is 0.102. The van der Waals surface area contributed by atoms with Crippen LogP contribution < -0.4 is 15.4 Å². The molecule has 0 bridgehead atoms. The van der Waals surface area contributed by atoms with Gasteiger partial charge in [0.2, 0.25) is 0 Å². The highest BCUT2D eigenvalue weighted by Crippen LogP contribution is 2.30. The number of likely N-dealkylation sites (N-methyl/N-ethyl adjacent to an activating group) is 1. The number of benzene rings is 1. The number of carbonyl (C=O) groups excluding carboxylic acids is 1. The zero-order valence-electron chi connectivity index (χ0n) is 17.3. The zero-order valence-corrected chi connectivity index (χ0v) is 18.2. The fourth-order valence-corrected chi connectivity index (χ4v) is 4.43. The van der Waals surface area contributed by atoms with Crippen molar-refractivity contribution in [1.29, 1.82) is 0 Å². The van der Waals surface area contributed by atoms with Crippen molar-refractivity contribution < 1.29 is 22.3 Å². The first-order valence-electron chi connectivity index (χ1n) is 9.42. The van der Waals surface area contributed by atoms with Crippen LogP contribution in [-0.2, 0) is 21.4 Å². The van der Waals surface area contributed by atoms with Crippen molar-refractivity contribution >= 4 is 15.9 Å². The molecule has 0 fully saturated rings. The van der Waals surface area contributed by atoms with Gasteiger partial charge in [-0.2, -0.15) is 0 Å². The summed E-state index contributed by atoms with van der Waals surface area (Å²) in [6.45, 7) is 1.90. The van der Waals surface area contributed by atoms with Crippen LogP contribution in [0.5, 0.6) is 5.75 Å². The van der Waals surface area contributed by atoms with Crippen molar-refractivity contribution in [2.45, 2.75) is 18.4 Å². The predicted octanol–water partition coefficient (Wildman–Crippen LogP) is 2.08. The van der Waals surface area contributed by atoms with Crippen LogP contribution in [0.2, 0.25) is 0 Å². The number of nitrogens with one attached hydrogen (secondary N) is 2. The highest BCUT2D eigenvalue weighted by Gasteiger charge is 2.24. The van der Waals surface area contributed by atoms with E-state index in [2.05, 4.69) is 15.6 Å². The topological polar surface area (TPSA) is 102 Å². The van der Waals surface area contributed by atoms with Gasteiger partial charge in [0.1, 0.15) is 16.5 Å². The van der Waals surface area contributed by atoms with E-state index in [1.54, 1.807) is 26.1 Å². The number of aromatic nitrogens is 2. The first kappa shape index (κ1) is 22.4. The Morgan fingerprint density at radius 2 is 1.97 bits per heavy atom. The summed E-state index contributed by atoms with van der Waals surface area (Å²) in [7, 11) is -0.830. The maximum Gasteiger partial charge on any atom is 0.269 e. The maximum absolute atomic E-state index is 13.6. The van der Waals surface area contributed by atoms with Crippen LogP contribution in [0.15, 0.2) is 53.8 Å². The summed E-state index contributed by atoms with van der Waals surface area (Å²) in [5, 5.41) is 5.41. The standard InChI is InChI=1S/C21H23FN4O4S/c1-14-6-16(22)4-5-19(14)20-7-15(9-23-2)12-26(20)31(28,29)18-8-17(10-25-11-18)30-13-21(27)24-3/h4-8,10-12,23H,9,13H2,1-3H3,(H,24,27). The van der Waals surface area contributed by atoms with Crippen LogP contribution in [0.25, 0.3) is 11.3 Å². The van der Waals surface area contributed by atoms with Crippen molar-refractivity contribution in [1.82, 2.24) is 19.6 Å². The summed E-state index contributed by atoms with van der Waals surface area (Å²) >= 11 is 0. The summed E-state index contributed by atoms with van der Waals surface area (Å²) in [6.07, 6.45) is 4.05. The lowest BCUT2D eigenvalue weighted by Crippen LogP contribution is -2.25. The lowest BCUT2D eigenvalue weighted by atomic mass is 10.1. The molecule has 0 saturated carbocycles. The van der Waals surface area contributed by atoms with Gasteiger partial charge in [-0.05, 0) is 49.4 Å². The number of hydrogen-bond donors (Lipinski definition) is 2. The minimum Gasteiger partial charge on any atom is -0.482 e. The third kappa shape index (κ3) is 4.92. The fraction of sp³-hybridized carbons (Fsp3) is 0.238. The second kappa shape index (κ2) is 9.27. The molecule has 2 aromatic heterocycles. The minimum atomic E-state index is -4.06. The number of rotatable bonds is 8. The highest BCUT2D eigenvalue weighted by molar-refractivity contribution is 7.90. The Labute approximate surface area is 180 Å². The van der Waals surface area contributed by atoms with Gasteiger partial charge in [-0.1, -0.05) is 0 Å². The molecule has 3 aromatic rings. The maximum atomic E-state index is 13.6. The Bertz CT molecular complexity index is 1210. The van der Waals surface area contributed by atoms with Gasteiger partial charge < -0.3 is 15.4 Å². The molecule has 0 aliphatic rings. The molecule has 0 unspecified atom stereocenters. The number of nitrogens with zero attached hydrogens (tertiary/aromatic N) is 2. The molecule has 31 heavy (non-hydrogen) atoms. The van der Waals surface area contributed by atoms with Crippen molar-refractivity contribution in [2.24, 2.45) is 0 Å². The number of carbonyl (C=O) groups is 1. The fourth-order valence-electron chi connectivity index (χ4n) is 3.06. The molecule has 0 aliphatic heterocycles. The molecule has 0 saturated heterocycles. The lowest BCUT2D eigenvalue weighted by Gasteiger charge is -2.13. The third-order valence-corrected chi connectivity index (χ3v) is 6.22. The van der Waals surface area contributed by atoms with Crippen LogP contribution >= 0.6 is 0 Å². The number of aryl methyl sites for hydroxylation is 1. The summed E-state index contributed by atoms with van der Waals surface area (Å²) < 4.78 is 47.0. The Hall–Kier alpha value is -3.24. The average molecular weight is 447 g/mol. The van der Waals surface area contributed by atoms with E-state index in [1.165, 1.54) is 43.8 Å². The van der Waals surface area contributed by atoms with Gasteiger partial charge in [0.25, 0.3) is 15.9 Å². The van der Waals surface area contributed by atoms with Crippen LogP contribution in [0.4, 0.5) is 4.39 Å². The molecule has 10 heteroatoms. The average Bonchev–Trinajstić information content (AvgIpc) is 3.17. The first-order valence-corrected chi connectivity index (χ1v) is 10.9. The van der Waals surface area contributed by atoms with Gasteiger partial charge in [0.15, 0.2) is 6.61 Å². The highest BCUT2D eigenvalue weighted by atomic mass is 32.2. The van der Waals surface area contributed by atoms with E-state index >= 15 is 0 Å². The molecule has 2 N–H and O–H groups in total. The molecule has 0 radical (unpaired) electrons. The van der Waals surface area contributed by atoms with E-state index in [-0.39, 0.29) is 23.2 Å². The van der Waals surface area contributed by atoms with E-state index < -0.39 is 15.8 Å². The molecule has 8 nitrogen and oxygen atoms in total.